The lowest BCUT2D eigenvalue weighted by molar-refractivity contribution is -0.111. The molecule has 0 spiro atoms. The number of benzene rings is 2. The van der Waals surface area contributed by atoms with Gasteiger partial charge < -0.3 is 14.8 Å². The number of rotatable bonds is 6. The van der Waals surface area contributed by atoms with E-state index in [-0.39, 0.29) is 5.91 Å². The third-order valence-electron chi connectivity index (χ3n) is 3.89. The van der Waals surface area contributed by atoms with Gasteiger partial charge in [0.05, 0.1) is 19.2 Å². The minimum Gasteiger partial charge on any atom is -0.493 e. The van der Waals surface area contributed by atoms with Gasteiger partial charge in [0, 0.05) is 24.4 Å². The molecule has 144 valence electrons. The number of carbonyl (C=O) groups excluding carboxylic acids is 1. The molecule has 1 aromatic heterocycles. The van der Waals surface area contributed by atoms with Crippen molar-refractivity contribution in [3.05, 3.63) is 53.1 Å². The zero-order chi connectivity index (χ0) is 20.1. The average Bonchev–Trinajstić information content (AvgIpc) is 3.12. The van der Waals surface area contributed by atoms with E-state index >= 15 is 0 Å². The second kappa shape index (κ2) is 8.53. The predicted molar refractivity (Wildman–Crippen MR) is 106 cm³/mol. The Bertz CT molecular complexity index is 1030. The van der Waals surface area contributed by atoms with Gasteiger partial charge in [-0.1, -0.05) is 23.7 Å². The Morgan fingerprint density at radius 3 is 2.71 bits per heavy atom. The number of nitrogens with zero attached hydrogens (tertiary/aromatic N) is 4. The minimum absolute atomic E-state index is 0.292. The Kier molecular flexibility index (Phi) is 5.90. The van der Waals surface area contributed by atoms with Gasteiger partial charge in [-0.3, -0.25) is 4.79 Å². The number of anilines is 1. The number of halogens is 1. The van der Waals surface area contributed by atoms with Gasteiger partial charge >= 0.3 is 0 Å². The number of hydrogen-bond donors (Lipinski definition) is 1. The van der Waals surface area contributed by atoms with Crippen LogP contribution in [0, 0.1) is 0 Å². The summed E-state index contributed by atoms with van der Waals surface area (Å²) in [6.45, 7) is 0. The highest BCUT2D eigenvalue weighted by atomic mass is 35.5. The number of aryl methyl sites for hydroxylation is 1. The molecule has 0 radical (unpaired) electrons. The number of tetrazole rings is 1. The van der Waals surface area contributed by atoms with Crippen LogP contribution in [-0.2, 0) is 11.8 Å². The fourth-order valence-electron chi connectivity index (χ4n) is 2.60. The molecule has 0 aliphatic carbocycles. The van der Waals surface area contributed by atoms with Gasteiger partial charge in [0.1, 0.15) is 0 Å². The van der Waals surface area contributed by atoms with Gasteiger partial charge in [-0.05, 0) is 46.3 Å². The van der Waals surface area contributed by atoms with E-state index in [1.807, 2.05) is 12.1 Å². The van der Waals surface area contributed by atoms with E-state index in [1.165, 1.54) is 20.3 Å². The van der Waals surface area contributed by atoms with Crippen molar-refractivity contribution in [2.45, 2.75) is 0 Å². The fourth-order valence-corrected chi connectivity index (χ4v) is 2.90. The molecule has 0 saturated heterocycles. The zero-order valence-corrected chi connectivity index (χ0v) is 16.3. The highest BCUT2D eigenvalue weighted by Crippen LogP contribution is 2.36. The number of aromatic nitrogens is 4. The average molecular weight is 400 g/mol. The highest BCUT2D eigenvalue weighted by Gasteiger charge is 2.10. The van der Waals surface area contributed by atoms with Gasteiger partial charge in [0.15, 0.2) is 17.3 Å². The van der Waals surface area contributed by atoms with Crippen LogP contribution in [0.2, 0.25) is 5.02 Å². The van der Waals surface area contributed by atoms with Crippen LogP contribution >= 0.6 is 11.6 Å². The lowest BCUT2D eigenvalue weighted by atomic mass is 10.1. The Hall–Kier alpha value is -3.39. The van der Waals surface area contributed by atoms with E-state index in [4.69, 9.17) is 21.1 Å². The van der Waals surface area contributed by atoms with Crippen molar-refractivity contribution >= 4 is 29.3 Å². The number of hydrogen-bond acceptors (Lipinski definition) is 6. The van der Waals surface area contributed by atoms with Crippen molar-refractivity contribution in [2.75, 3.05) is 19.5 Å². The molecule has 1 amide bonds. The highest BCUT2D eigenvalue weighted by molar-refractivity contribution is 6.32. The normalized spacial score (nSPS) is 10.9. The first kappa shape index (κ1) is 19.4. The Balaban J connectivity index is 1.74. The number of ether oxygens (including phenoxy) is 2. The Morgan fingerprint density at radius 2 is 2.04 bits per heavy atom. The molecule has 0 unspecified atom stereocenters. The van der Waals surface area contributed by atoms with Crippen LogP contribution in [0.1, 0.15) is 5.56 Å². The summed E-state index contributed by atoms with van der Waals surface area (Å²) in [5.41, 5.74) is 2.12. The molecule has 0 bridgehead atoms. The summed E-state index contributed by atoms with van der Waals surface area (Å²) >= 11 is 6.18. The van der Waals surface area contributed by atoms with Crippen LogP contribution in [0.4, 0.5) is 5.69 Å². The van der Waals surface area contributed by atoms with E-state index in [9.17, 15) is 4.79 Å². The van der Waals surface area contributed by atoms with Crippen LogP contribution in [0.15, 0.2) is 42.5 Å². The summed E-state index contributed by atoms with van der Waals surface area (Å²) in [5.74, 6) is 1.24. The molecule has 0 aliphatic rings. The molecule has 28 heavy (non-hydrogen) atoms. The number of methoxy groups -OCH3 is 2. The summed E-state index contributed by atoms with van der Waals surface area (Å²) in [4.78, 5) is 12.3. The van der Waals surface area contributed by atoms with Crippen molar-refractivity contribution < 1.29 is 14.3 Å². The lowest BCUT2D eigenvalue weighted by Gasteiger charge is -2.10. The van der Waals surface area contributed by atoms with Gasteiger partial charge in [-0.15, -0.1) is 5.10 Å². The molecule has 0 aliphatic heterocycles. The first-order valence-electron chi connectivity index (χ1n) is 8.25. The fraction of sp³-hybridized carbons (Fsp3) is 0.158. The molecule has 3 rings (SSSR count). The SMILES string of the molecule is COc1cc(/C=C/C(=O)Nc2cccc(-c3nnnn3C)c2)cc(Cl)c1OC. The van der Waals surface area contributed by atoms with E-state index < -0.39 is 0 Å². The van der Waals surface area contributed by atoms with Gasteiger partial charge in [0.2, 0.25) is 5.91 Å². The molecule has 2 aromatic carbocycles. The molecule has 1 N–H and O–H groups in total. The van der Waals surface area contributed by atoms with Gasteiger partial charge in [-0.2, -0.15) is 0 Å². The first-order valence-corrected chi connectivity index (χ1v) is 8.63. The lowest BCUT2D eigenvalue weighted by Crippen LogP contribution is -2.07. The molecule has 3 aromatic rings. The quantitative estimate of drug-likeness (QED) is 0.640. The van der Waals surface area contributed by atoms with Crippen molar-refractivity contribution in [3.63, 3.8) is 0 Å². The summed E-state index contributed by atoms with van der Waals surface area (Å²) in [6, 6.07) is 10.7. The maximum absolute atomic E-state index is 12.3. The second-order valence-corrected chi connectivity index (χ2v) is 6.17. The summed E-state index contributed by atoms with van der Waals surface area (Å²) in [7, 11) is 4.78. The smallest absolute Gasteiger partial charge is 0.248 e. The molecular weight excluding hydrogens is 382 g/mol. The Labute approximate surface area is 166 Å². The second-order valence-electron chi connectivity index (χ2n) is 5.77. The van der Waals surface area contributed by atoms with Crippen LogP contribution < -0.4 is 14.8 Å². The Morgan fingerprint density at radius 1 is 1.21 bits per heavy atom. The molecule has 0 atom stereocenters. The molecule has 0 saturated carbocycles. The summed E-state index contributed by atoms with van der Waals surface area (Å²) in [6.07, 6.45) is 3.05. The molecule has 1 heterocycles. The van der Waals surface area contributed by atoms with E-state index in [0.717, 1.165) is 5.56 Å². The maximum atomic E-state index is 12.3. The summed E-state index contributed by atoms with van der Waals surface area (Å²) < 4.78 is 12.0. The number of nitrogens with one attached hydrogen (secondary N) is 1. The van der Waals surface area contributed by atoms with Crippen molar-refractivity contribution in [1.82, 2.24) is 20.2 Å². The topological polar surface area (TPSA) is 91.2 Å². The number of amides is 1. The molecule has 9 heteroatoms. The molecular formula is C19H18ClN5O3. The molecule has 8 nitrogen and oxygen atoms in total. The van der Waals surface area contributed by atoms with Crippen LogP contribution in [0.3, 0.4) is 0 Å². The van der Waals surface area contributed by atoms with Gasteiger partial charge in [-0.25, -0.2) is 4.68 Å². The summed E-state index contributed by atoms with van der Waals surface area (Å²) in [5, 5.41) is 14.6. The first-order chi connectivity index (χ1) is 13.5. The van der Waals surface area contributed by atoms with E-state index in [0.29, 0.717) is 33.6 Å². The minimum atomic E-state index is -0.292. The monoisotopic (exact) mass is 399 g/mol. The van der Waals surface area contributed by atoms with Crippen LogP contribution in [0.25, 0.3) is 17.5 Å². The molecule has 0 fully saturated rings. The number of carbonyl (C=O) groups is 1. The van der Waals surface area contributed by atoms with Gasteiger partial charge in [0.25, 0.3) is 0 Å². The third-order valence-corrected chi connectivity index (χ3v) is 4.17. The van der Waals surface area contributed by atoms with Crippen LogP contribution in [0.5, 0.6) is 11.5 Å². The van der Waals surface area contributed by atoms with E-state index in [1.54, 1.807) is 42.1 Å². The maximum Gasteiger partial charge on any atom is 0.248 e. The third kappa shape index (κ3) is 4.29. The van der Waals surface area contributed by atoms with Crippen LogP contribution in [-0.4, -0.2) is 40.3 Å². The zero-order valence-electron chi connectivity index (χ0n) is 15.5. The van der Waals surface area contributed by atoms with Crippen molar-refractivity contribution in [1.29, 1.82) is 0 Å². The van der Waals surface area contributed by atoms with Crippen molar-refractivity contribution in [2.24, 2.45) is 7.05 Å². The standard InChI is InChI=1S/C19H18ClN5O3/c1-25-19(22-23-24-25)13-5-4-6-14(11-13)21-17(26)8-7-12-9-15(20)18(28-3)16(10-12)27-2/h4-11H,1-3H3,(H,21,26)/b8-7+. The van der Waals surface area contributed by atoms with E-state index in [2.05, 4.69) is 20.8 Å². The predicted octanol–water partition coefficient (Wildman–Crippen LogP) is 3.20. The largest absolute Gasteiger partial charge is 0.493 e. The van der Waals surface area contributed by atoms with Crippen molar-refractivity contribution in [3.8, 4) is 22.9 Å².